The molecule has 3 aromatic carbocycles. The molecule has 10 heteroatoms. The zero-order chi connectivity index (χ0) is 26.0. The number of nitrogens with one attached hydrogen (secondary N) is 1. The van der Waals surface area contributed by atoms with Crippen molar-refractivity contribution in [3.05, 3.63) is 87.9 Å². The highest BCUT2D eigenvalue weighted by atomic mass is 79.9. The third-order valence-electron chi connectivity index (χ3n) is 4.95. The van der Waals surface area contributed by atoms with Crippen LogP contribution in [0, 0.1) is 6.92 Å². The molecular formula is C27H25BrN4O3S2. The summed E-state index contributed by atoms with van der Waals surface area (Å²) in [5.74, 6) is 1.16. The molecule has 0 saturated heterocycles. The highest BCUT2D eigenvalue weighted by Crippen LogP contribution is 2.37. The van der Waals surface area contributed by atoms with Crippen LogP contribution in [0.2, 0.25) is 0 Å². The molecule has 0 fully saturated rings. The Morgan fingerprint density at radius 1 is 1.11 bits per heavy atom. The van der Waals surface area contributed by atoms with Crippen molar-refractivity contribution in [1.82, 2.24) is 15.6 Å². The summed E-state index contributed by atoms with van der Waals surface area (Å²) in [6, 6.07) is 21.7. The molecule has 1 aromatic heterocycles. The standard InChI is InChI=1S/C27H25BrN4O3S2/c1-3-34-23-14-20(13-22(28)25(23)35-16-19-9-7-8-18(2)12-19)15-29-30-24(33)17-36-27-32-31-26(37-27)21-10-5-4-6-11-21/h4-15H,3,16-17H2,1-2H3,(H,30,33). The monoisotopic (exact) mass is 596 g/mol. The number of rotatable bonds is 11. The number of carbonyl (C=O) groups is 1. The Labute approximate surface area is 232 Å². The molecule has 0 spiro atoms. The second kappa shape index (κ2) is 13.4. The predicted octanol–water partition coefficient (Wildman–Crippen LogP) is 6.50. The second-order valence-electron chi connectivity index (χ2n) is 7.86. The van der Waals surface area contributed by atoms with Crippen LogP contribution >= 0.6 is 39.0 Å². The summed E-state index contributed by atoms with van der Waals surface area (Å²) in [6.45, 7) is 4.87. The number of nitrogens with zero attached hydrogens (tertiary/aromatic N) is 3. The Morgan fingerprint density at radius 2 is 1.95 bits per heavy atom. The molecule has 1 amide bonds. The summed E-state index contributed by atoms with van der Waals surface area (Å²) in [4.78, 5) is 12.3. The third kappa shape index (κ3) is 7.88. The Bertz CT molecular complexity index is 1380. The number of aromatic nitrogens is 2. The lowest BCUT2D eigenvalue weighted by atomic mass is 10.1. The Balaban J connectivity index is 1.33. The highest BCUT2D eigenvalue weighted by Gasteiger charge is 2.13. The van der Waals surface area contributed by atoms with Gasteiger partial charge in [0.1, 0.15) is 11.6 Å². The van der Waals surface area contributed by atoms with Crippen molar-refractivity contribution in [3.8, 4) is 22.1 Å². The zero-order valence-electron chi connectivity index (χ0n) is 20.3. The molecule has 0 aliphatic rings. The Hall–Kier alpha value is -3.21. The van der Waals surface area contributed by atoms with Gasteiger partial charge in [0, 0.05) is 5.56 Å². The molecule has 190 valence electrons. The first kappa shape index (κ1) is 26.8. The molecule has 0 unspecified atom stereocenters. The molecule has 4 aromatic rings. The first-order valence-corrected chi connectivity index (χ1v) is 14.1. The van der Waals surface area contributed by atoms with E-state index in [1.54, 1.807) is 6.21 Å². The lowest BCUT2D eigenvalue weighted by Crippen LogP contribution is -2.19. The van der Waals surface area contributed by atoms with Crippen LogP contribution in [0.3, 0.4) is 0 Å². The van der Waals surface area contributed by atoms with Crippen LogP contribution in [-0.2, 0) is 11.4 Å². The summed E-state index contributed by atoms with van der Waals surface area (Å²) < 4.78 is 13.3. The highest BCUT2D eigenvalue weighted by molar-refractivity contribution is 9.10. The summed E-state index contributed by atoms with van der Waals surface area (Å²) in [5.41, 5.74) is 6.57. The van der Waals surface area contributed by atoms with Crippen LogP contribution in [0.5, 0.6) is 11.5 Å². The van der Waals surface area contributed by atoms with E-state index in [1.807, 2.05) is 61.5 Å². The van der Waals surface area contributed by atoms with Gasteiger partial charge in [-0.2, -0.15) is 5.10 Å². The molecule has 37 heavy (non-hydrogen) atoms. The largest absolute Gasteiger partial charge is 0.490 e. The maximum atomic E-state index is 12.3. The van der Waals surface area contributed by atoms with E-state index in [2.05, 4.69) is 55.7 Å². The van der Waals surface area contributed by atoms with Gasteiger partial charge < -0.3 is 9.47 Å². The molecule has 0 bridgehead atoms. The van der Waals surface area contributed by atoms with E-state index in [1.165, 1.54) is 28.7 Å². The molecule has 0 saturated carbocycles. The summed E-state index contributed by atoms with van der Waals surface area (Å²) in [5, 5.41) is 13.3. The van der Waals surface area contributed by atoms with Gasteiger partial charge in [0.2, 0.25) is 0 Å². The molecule has 0 atom stereocenters. The van der Waals surface area contributed by atoms with Gasteiger partial charge in [-0.3, -0.25) is 4.79 Å². The topological polar surface area (TPSA) is 85.7 Å². The molecule has 0 aliphatic carbocycles. The van der Waals surface area contributed by atoms with Crippen LogP contribution in [0.1, 0.15) is 23.6 Å². The summed E-state index contributed by atoms with van der Waals surface area (Å²) >= 11 is 6.35. The van der Waals surface area contributed by atoms with Crippen LogP contribution in [0.15, 0.2) is 80.6 Å². The summed E-state index contributed by atoms with van der Waals surface area (Å²) in [7, 11) is 0. The average Bonchev–Trinajstić information content (AvgIpc) is 3.37. The third-order valence-corrected chi connectivity index (χ3v) is 7.65. The Morgan fingerprint density at radius 3 is 2.73 bits per heavy atom. The van der Waals surface area contributed by atoms with E-state index in [0.29, 0.717) is 24.7 Å². The molecule has 1 heterocycles. The van der Waals surface area contributed by atoms with E-state index < -0.39 is 0 Å². The fourth-order valence-electron chi connectivity index (χ4n) is 3.33. The van der Waals surface area contributed by atoms with Crippen molar-refractivity contribution in [3.63, 3.8) is 0 Å². The maximum absolute atomic E-state index is 12.3. The van der Waals surface area contributed by atoms with Gasteiger partial charge in [-0.05, 0) is 53.0 Å². The van der Waals surface area contributed by atoms with E-state index >= 15 is 0 Å². The first-order chi connectivity index (χ1) is 18.0. The normalized spacial score (nSPS) is 11.0. The minimum Gasteiger partial charge on any atom is -0.490 e. The van der Waals surface area contributed by atoms with E-state index in [0.717, 1.165) is 30.5 Å². The van der Waals surface area contributed by atoms with Gasteiger partial charge in [-0.1, -0.05) is 83.3 Å². The second-order valence-corrected chi connectivity index (χ2v) is 10.9. The lowest BCUT2D eigenvalue weighted by Gasteiger charge is -2.15. The molecular weight excluding hydrogens is 572 g/mol. The zero-order valence-corrected chi connectivity index (χ0v) is 23.5. The van der Waals surface area contributed by atoms with Crippen LogP contribution in [0.4, 0.5) is 0 Å². The average molecular weight is 598 g/mol. The fourth-order valence-corrected chi connectivity index (χ4v) is 5.55. The predicted molar refractivity (Wildman–Crippen MR) is 153 cm³/mol. The number of thioether (sulfide) groups is 1. The first-order valence-electron chi connectivity index (χ1n) is 11.5. The number of hydrogen-bond donors (Lipinski definition) is 1. The minimum atomic E-state index is -0.236. The van der Waals surface area contributed by atoms with E-state index in [-0.39, 0.29) is 11.7 Å². The number of carbonyl (C=O) groups excluding carboxylic acids is 1. The maximum Gasteiger partial charge on any atom is 0.250 e. The van der Waals surface area contributed by atoms with Crippen LogP contribution in [-0.4, -0.2) is 34.7 Å². The van der Waals surface area contributed by atoms with Gasteiger partial charge >= 0.3 is 0 Å². The van der Waals surface area contributed by atoms with Gasteiger partial charge in [-0.15, -0.1) is 10.2 Å². The van der Waals surface area contributed by atoms with Gasteiger partial charge in [0.25, 0.3) is 5.91 Å². The fraction of sp³-hybridized carbons (Fsp3) is 0.185. The molecule has 7 nitrogen and oxygen atoms in total. The van der Waals surface area contributed by atoms with Crippen LogP contribution in [0.25, 0.3) is 10.6 Å². The Kier molecular flexibility index (Phi) is 9.70. The number of hydrogen-bond acceptors (Lipinski definition) is 8. The molecule has 0 aliphatic heterocycles. The number of ether oxygens (including phenoxy) is 2. The van der Waals surface area contributed by atoms with Crippen molar-refractivity contribution in [2.24, 2.45) is 5.10 Å². The van der Waals surface area contributed by atoms with Crippen molar-refractivity contribution < 1.29 is 14.3 Å². The van der Waals surface area contributed by atoms with Gasteiger partial charge in [0.15, 0.2) is 15.8 Å². The van der Waals surface area contributed by atoms with Crippen molar-refractivity contribution in [2.75, 3.05) is 12.4 Å². The smallest absolute Gasteiger partial charge is 0.250 e. The van der Waals surface area contributed by atoms with Gasteiger partial charge in [-0.25, -0.2) is 5.43 Å². The van der Waals surface area contributed by atoms with E-state index in [4.69, 9.17) is 9.47 Å². The van der Waals surface area contributed by atoms with Crippen LogP contribution < -0.4 is 14.9 Å². The van der Waals surface area contributed by atoms with Crippen molar-refractivity contribution in [2.45, 2.75) is 24.8 Å². The number of hydrazone groups is 1. The summed E-state index contributed by atoms with van der Waals surface area (Å²) in [6.07, 6.45) is 1.57. The molecule has 1 N–H and O–H groups in total. The van der Waals surface area contributed by atoms with Crippen molar-refractivity contribution >= 4 is 51.2 Å². The number of benzene rings is 3. The molecule has 4 rings (SSSR count). The lowest BCUT2D eigenvalue weighted by molar-refractivity contribution is -0.118. The van der Waals surface area contributed by atoms with Gasteiger partial charge in [0.05, 0.1) is 23.0 Å². The number of aryl methyl sites for hydroxylation is 1. The number of halogens is 1. The molecule has 0 radical (unpaired) electrons. The van der Waals surface area contributed by atoms with Crippen molar-refractivity contribution in [1.29, 1.82) is 0 Å². The SMILES string of the molecule is CCOc1cc(C=NNC(=O)CSc2nnc(-c3ccccc3)s2)cc(Br)c1OCc1cccc(C)c1. The quantitative estimate of drug-likeness (QED) is 0.121. The minimum absolute atomic E-state index is 0.181. The number of amides is 1. The van der Waals surface area contributed by atoms with E-state index in [9.17, 15) is 4.79 Å².